The molecule has 1 aliphatic heterocycles. The number of aryl methyl sites for hydroxylation is 1. The van der Waals surface area contributed by atoms with Crippen LogP contribution in [0.15, 0.2) is 54.9 Å². The van der Waals surface area contributed by atoms with Crippen LogP contribution in [0.4, 0.5) is 0 Å². The summed E-state index contributed by atoms with van der Waals surface area (Å²) < 4.78 is 13.6. The van der Waals surface area contributed by atoms with E-state index in [0.29, 0.717) is 13.2 Å². The van der Waals surface area contributed by atoms with Crippen LogP contribution in [-0.2, 0) is 0 Å². The minimum atomic E-state index is -0.0897. The van der Waals surface area contributed by atoms with Gasteiger partial charge in [0.2, 0.25) is 0 Å². The van der Waals surface area contributed by atoms with Crippen LogP contribution in [0, 0.1) is 6.92 Å². The van der Waals surface area contributed by atoms with Crippen LogP contribution in [-0.4, -0.2) is 37.9 Å². The highest BCUT2D eigenvalue weighted by Crippen LogP contribution is 2.39. The SMILES string of the molecule is Cc1nc([C@H](C)n2cnc(-c3ccccc3)c2-c2ccc3c(c2)OCCO3)n[nH]1. The summed E-state index contributed by atoms with van der Waals surface area (Å²) in [5.74, 6) is 3.03. The summed E-state index contributed by atoms with van der Waals surface area (Å²) in [5, 5.41) is 7.28. The molecule has 0 fully saturated rings. The van der Waals surface area contributed by atoms with Crippen molar-refractivity contribution in [1.29, 1.82) is 0 Å². The molecular formula is C22H21N5O2. The van der Waals surface area contributed by atoms with E-state index in [0.717, 1.165) is 45.7 Å². The zero-order chi connectivity index (χ0) is 19.8. The first-order valence-corrected chi connectivity index (χ1v) is 9.62. The minimum Gasteiger partial charge on any atom is -0.486 e. The van der Waals surface area contributed by atoms with Crippen molar-refractivity contribution in [3.05, 3.63) is 66.5 Å². The van der Waals surface area contributed by atoms with E-state index >= 15 is 0 Å². The standard InChI is InChI=1S/C22H21N5O2/c1-14(22-24-15(2)25-26-22)27-13-23-20(16-6-4-3-5-7-16)21(27)17-8-9-18-19(12-17)29-11-10-28-18/h3-9,12-14H,10-11H2,1-2H3,(H,24,25,26)/t14-/m0/s1. The van der Waals surface area contributed by atoms with Crippen molar-refractivity contribution < 1.29 is 9.47 Å². The van der Waals surface area contributed by atoms with E-state index < -0.39 is 0 Å². The fourth-order valence-electron chi connectivity index (χ4n) is 3.61. The summed E-state index contributed by atoms with van der Waals surface area (Å²) in [5.41, 5.74) is 3.95. The van der Waals surface area contributed by atoms with Crippen LogP contribution in [0.5, 0.6) is 11.5 Å². The van der Waals surface area contributed by atoms with Gasteiger partial charge in [-0.05, 0) is 32.0 Å². The molecule has 1 atom stereocenters. The van der Waals surface area contributed by atoms with Crippen LogP contribution in [0.2, 0.25) is 0 Å². The highest BCUT2D eigenvalue weighted by atomic mass is 16.6. The van der Waals surface area contributed by atoms with Crippen molar-refractivity contribution in [2.45, 2.75) is 19.9 Å². The van der Waals surface area contributed by atoms with Gasteiger partial charge in [-0.1, -0.05) is 30.3 Å². The second-order valence-electron chi connectivity index (χ2n) is 7.03. The highest BCUT2D eigenvalue weighted by Gasteiger charge is 2.23. The van der Waals surface area contributed by atoms with E-state index in [4.69, 9.17) is 14.5 Å². The third kappa shape index (κ3) is 3.14. The lowest BCUT2D eigenvalue weighted by molar-refractivity contribution is 0.171. The third-order valence-electron chi connectivity index (χ3n) is 5.06. The second kappa shape index (κ2) is 7.09. The van der Waals surface area contributed by atoms with Gasteiger partial charge in [0.15, 0.2) is 17.3 Å². The highest BCUT2D eigenvalue weighted by molar-refractivity contribution is 5.80. The number of imidazole rings is 1. The van der Waals surface area contributed by atoms with E-state index in [1.54, 1.807) is 0 Å². The lowest BCUT2D eigenvalue weighted by Gasteiger charge is -2.20. The Balaban J connectivity index is 1.68. The molecule has 5 rings (SSSR count). The Hall–Kier alpha value is -3.61. The molecule has 0 bridgehead atoms. The molecule has 0 radical (unpaired) electrons. The van der Waals surface area contributed by atoms with Crippen molar-refractivity contribution in [2.75, 3.05) is 13.2 Å². The molecule has 0 unspecified atom stereocenters. The van der Waals surface area contributed by atoms with Crippen molar-refractivity contribution in [2.24, 2.45) is 0 Å². The van der Waals surface area contributed by atoms with Gasteiger partial charge in [0.1, 0.15) is 19.0 Å². The molecule has 2 aromatic heterocycles. The first-order valence-electron chi connectivity index (χ1n) is 9.62. The van der Waals surface area contributed by atoms with Gasteiger partial charge < -0.3 is 14.0 Å². The quantitative estimate of drug-likeness (QED) is 0.572. The molecule has 0 amide bonds. The zero-order valence-electron chi connectivity index (χ0n) is 16.3. The molecule has 146 valence electrons. The monoisotopic (exact) mass is 387 g/mol. The molecule has 7 heteroatoms. The Morgan fingerprint density at radius 1 is 1.00 bits per heavy atom. The van der Waals surface area contributed by atoms with E-state index in [-0.39, 0.29) is 6.04 Å². The molecule has 2 aromatic carbocycles. The first-order chi connectivity index (χ1) is 14.2. The number of hydrogen-bond acceptors (Lipinski definition) is 5. The molecule has 0 saturated heterocycles. The van der Waals surface area contributed by atoms with Crippen LogP contribution < -0.4 is 9.47 Å². The number of hydrogen-bond donors (Lipinski definition) is 1. The average molecular weight is 387 g/mol. The summed E-state index contributed by atoms with van der Waals surface area (Å²) in [7, 11) is 0. The van der Waals surface area contributed by atoms with Gasteiger partial charge in [-0.2, -0.15) is 5.10 Å². The van der Waals surface area contributed by atoms with Crippen LogP contribution >= 0.6 is 0 Å². The molecule has 3 heterocycles. The van der Waals surface area contributed by atoms with Crippen LogP contribution in [0.1, 0.15) is 24.6 Å². The molecule has 1 N–H and O–H groups in total. The maximum Gasteiger partial charge on any atom is 0.173 e. The Kier molecular flexibility index (Phi) is 4.27. The number of nitrogens with zero attached hydrogens (tertiary/aromatic N) is 4. The number of H-pyrrole nitrogens is 1. The number of rotatable bonds is 4. The van der Waals surface area contributed by atoms with Gasteiger partial charge in [0.05, 0.1) is 23.8 Å². The number of benzene rings is 2. The average Bonchev–Trinajstić information content (AvgIpc) is 3.40. The molecule has 0 aliphatic carbocycles. The van der Waals surface area contributed by atoms with Gasteiger partial charge in [-0.25, -0.2) is 9.97 Å². The molecular weight excluding hydrogens is 366 g/mol. The maximum atomic E-state index is 5.81. The van der Waals surface area contributed by atoms with Crippen molar-refractivity contribution in [3.8, 4) is 34.0 Å². The topological polar surface area (TPSA) is 77.8 Å². The number of fused-ring (bicyclic) bond motifs is 1. The van der Waals surface area contributed by atoms with Crippen LogP contribution in [0.3, 0.4) is 0 Å². The summed E-state index contributed by atoms with van der Waals surface area (Å²) in [6, 6.07) is 16.1. The summed E-state index contributed by atoms with van der Waals surface area (Å²) in [4.78, 5) is 9.27. The lowest BCUT2D eigenvalue weighted by Crippen LogP contribution is -2.15. The van der Waals surface area contributed by atoms with E-state index in [2.05, 4.69) is 38.8 Å². The van der Waals surface area contributed by atoms with Crippen molar-refractivity contribution in [3.63, 3.8) is 0 Å². The number of nitrogens with one attached hydrogen (secondary N) is 1. The van der Waals surface area contributed by atoms with Crippen LogP contribution in [0.25, 0.3) is 22.5 Å². The summed E-state index contributed by atoms with van der Waals surface area (Å²) >= 11 is 0. The molecule has 7 nitrogen and oxygen atoms in total. The Bertz CT molecular complexity index is 1150. The number of aromatic nitrogens is 5. The van der Waals surface area contributed by atoms with Gasteiger partial charge in [0, 0.05) is 11.1 Å². The fourth-order valence-corrected chi connectivity index (χ4v) is 3.61. The predicted molar refractivity (Wildman–Crippen MR) is 109 cm³/mol. The van der Waals surface area contributed by atoms with Gasteiger partial charge in [-0.15, -0.1) is 0 Å². The largest absolute Gasteiger partial charge is 0.486 e. The number of ether oxygens (including phenoxy) is 2. The fraction of sp³-hybridized carbons (Fsp3) is 0.227. The first kappa shape index (κ1) is 17.5. The minimum absolute atomic E-state index is 0.0897. The van der Waals surface area contributed by atoms with Gasteiger partial charge in [-0.3, -0.25) is 5.10 Å². The van der Waals surface area contributed by atoms with E-state index in [1.165, 1.54) is 0 Å². The normalized spacial score (nSPS) is 14.0. The smallest absolute Gasteiger partial charge is 0.173 e. The Labute approximate surface area is 168 Å². The molecule has 29 heavy (non-hydrogen) atoms. The lowest BCUT2D eigenvalue weighted by atomic mass is 10.0. The molecule has 4 aromatic rings. The molecule has 1 aliphatic rings. The summed E-state index contributed by atoms with van der Waals surface area (Å²) in [6.07, 6.45) is 1.85. The zero-order valence-corrected chi connectivity index (χ0v) is 16.3. The van der Waals surface area contributed by atoms with E-state index in [1.807, 2.05) is 49.6 Å². The summed E-state index contributed by atoms with van der Waals surface area (Å²) in [6.45, 7) is 5.09. The second-order valence-corrected chi connectivity index (χ2v) is 7.03. The van der Waals surface area contributed by atoms with E-state index in [9.17, 15) is 0 Å². The van der Waals surface area contributed by atoms with Crippen molar-refractivity contribution >= 4 is 0 Å². The third-order valence-corrected chi connectivity index (χ3v) is 5.06. The van der Waals surface area contributed by atoms with Crippen molar-refractivity contribution in [1.82, 2.24) is 24.7 Å². The predicted octanol–water partition coefficient (Wildman–Crippen LogP) is 4.02. The van der Waals surface area contributed by atoms with Gasteiger partial charge in [0.25, 0.3) is 0 Å². The molecule has 0 spiro atoms. The maximum absolute atomic E-state index is 5.81. The Morgan fingerprint density at radius 3 is 2.55 bits per heavy atom. The van der Waals surface area contributed by atoms with Gasteiger partial charge >= 0.3 is 0 Å². The molecule has 0 saturated carbocycles. The Morgan fingerprint density at radius 2 is 1.79 bits per heavy atom. The number of aromatic amines is 1.